The Morgan fingerprint density at radius 2 is 2.05 bits per heavy atom. The molecule has 0 saturated heterocycles. The van der Waals surface area contributed by atoms with Crippen LogP contribution in [0.15, 0.2) is 24.3 Å². The van der Waals surface area contributed by atoms with Crippen LogP contribution in [0.3, 0.4) is 0 Å². The molecular weight excluding hydrogens is 270 g/mol. The molecule has 5 nitrogen and oxygen atoms in total. The maximum absolute atomic E-state index is 8.87. The molecule has 0 radical (unpaired) electrons. The highest BCUT2D eigenvalue weighted by atomic mass is 32.1. The van der Waals surface area contributed by atoms with Gasteiger partial charge in [-0.25, -0.2) is 4.68 Å². The molecule has 100 valence electrons. The van der Waals surface area contributed by atoms with Crippen LogP contribution in [0.1, 0.15) is 18.2 Å². The average molecular weight is 283 g/mol. The van der Waals surface area contributed by atoms with Gasteiger partial charge in [-0.15, -0.1) is 0 Å². The molecule has 0 aliphatic heterocycles. The van der Waals surface area contributed by atoms with Crippen molar-refractivity contribution in [2.45, 2.75) is 20.4 Å². The fraction of sp³-hybridized carbons (Fsp3) is 0.214. The van der Waals surface area contributed by atoms with E-state index in [2.05, 4.69) is 16.2 Å². The largest absolute Gasteiger partial charge is 0.327 e. The van der Waals surface area contributed by atoms with Crippen molar-refractivity contribution in [3.05, 3.63) is 40.3 Å². The molecule has 0 spiro atoms. The lowest BCUT2D eigenvalue weighted by molar-refractivity contribution is 0.662. The first kappa shape index (κ1) is 12.6. The number of H-pyrrole nitrogens is 1. The van der Waals surface area contributed by atoms with Gasteiger partial charge in [0.15, 0.2) is 10.4 Å². The number of aromatic nitrogens is 4. The number of rotatable bonds is 2. The molecule has 0 aliphatic rings. The molecule has 1 N–H and O–H groups in total. The summed E-state index contributed by atoms with van der Waals surface area (Å²) in [5.41, 5.74) is 4.41. The molecule has 0 amide bonds. The molecule has 6 heteroatoms. The first-order valence-electron chi connectivity index (χ1n) is 6.34. The van der Waals surface area contributed by atoms with E-state index in [9.17, 15) is 0 Å². The minimum atomic E-state index is 0.632. The third kappa shape index (κ3) is 1.75. The Bertz CT molecular complexity index is 873. The van der Waals surface area contributed by atoms with Crippen molar-refractivity contribution < 1.29 is 0 Å². The summed E-state index contributed by atoms with van der Waals surface area (Å²) >= 11 is 5.42. The number of nitrogens with zero attached hydrogens (tertiary/aromatic N) is 4. The van der Waals surface area contributed by atoms with Gasteiger partial charge in [-0.3, -0.25) is 4.57 Å². The van der Waals surface area contributed by atoms with Crippen molar-refractivity contribution in [2.75, 3.05) is 0 Å². The predicted octanol–water partition coefficient (Wildman–Crippen LogP) is 3.08. The van der Waals surface area contributed by atoms with Crippen molar-refractivity contribution in [3.8, 4) is 11.8 Å². The first-order valence-corrected chi connectivity index (χ1v) is 6.75. The number of benzene rings is 1. The minimum absolute atomic E-state index is 0.632. The second-order valence-electron chi connectivity index (χ2n) is 4.52. The zero-order valence-electron chi connectivity index (χ0n) is 11.2. The molecule has 1 aromatic carbocycles. The number of imidazole rings is 1. The van der Waals surface area contributed by atoms with Gasteiger partial charge in [-0.2, -0.15) is 10.4 Å². The monoisotopic (exact) mass is 283 g/mol. The Balaban J connectivity index is 2.32. The lowest BCUT2D eigenvalue weighted by atomic mass is 10.2. The topological polar surface area (TPSA) is 62.3 Å². The van der Waals surface area contributed by atoms with Gasteiger partial charge < -0.3 is 4.98 Å². The van der Waals surface area contributed by atoms with Crippen LogP contribution in [0.5, 0.6) is 0 Å². The molecular formula is C14H13N5S. The summed E-state index contributed by atoms with van der Waals surface area (Å²) in [6.45, 7) is 4.78. The zero-order valence-corrected chi connectivity index (χ0v) is 12.0. The number of nitrogens with one attached hydrogen (secondary N) is 1. The molecule has 2 heterocycles. The van der Waals surface area contributed by atoms with E-state index >= 15 is 0 Å². The molecule has 0 saturated carbocycles. The third-order valence-corrected chi connectivity index (χ3v) is 3.59. The van der Waals surface area contributed by atoms with Gasteiger partial charge in [0.2, 0.25) is 0 Å². The summed E-state index contributed by atoms with van der Waals surface area (Å²) in [7, 11) is 0. The molecule has 2 aromatic heterocycles. The van der Waals surface area contributed by atoms with Crippen LogP contribution in [0.4, 0.5) is 0 Å². The van der Waals surface area contributed by atoms with E-state index in [0.29, 0.717) is 10.3 Å². The van der Waals surface area contributed by atoms with Gasteiger partial charge in [0.25, 0.3) is 0 Å². The molecule has 0 atom stereocenters. The number of aryl methyl sites for hydroxylation is 2. The standard InChI is InChI=1S/C14H13N5S/c1-3-18-13-12(9(2)17-18)16-14(20)19(13)11-6-4-10(8-15)5-7-11/h4-7H,3H2,1-2H3,(H,16,20). The van der Waals surface area contributed by atoms with Crippen LogP contribution in [-0.2, 0) is 6.54 Å². The summed E-state index contributed by atoms with van der Waals surface area (Å²) in [5.74, 6) is 0. The summed E-state index contributed by atoms with van der Waals surface area (Å²) in [6, 6.07) is 9.48. The molecule has 20 heavy (non-hydrogen) atoms. The fourth-order valence-corrected chi connectivity index (χ4v) is 2.64. The van der Waals surface area contributed by atoms with Gasteiger partial charge in [-0.05, 0) is 50.3 Å². The van der Waals surface area contributed by atoms with Crippen LogP contribution < -0.4 is 0 Å². The van der Waals surface area contributed by atoms with E-state index in [1.165, 1.54) is 0 Å². The summed E-state index contributed by atoms with van der Waals surface area (Å²) in [6.07, 6.45) is 0. The number of hydrogen-bond donors (Lipinski definition) is 1. The van der Waals surface area contributed by atoms with Crippen molar-refractivity contribution in [2.24, 2.45) is 0 Å². The summed E-state index contributed by atoms with van der Waals surface area (Å²) in [5, 5.41) is 13.4. The second kappa shape index (κ2) is 4.62. The minimum Gasteiger partial charge on any atom is -0.327 e. The van der Waals surface area contributed by atoms with Crippen molar-refractivity contribution in [1.29, 1.82) is 5.26 Å². The lowest BCUT2D eigenvalue weighted by Gasteiger charge is -2.06. The van der Waals surface area contributed by atoms with E-state index in [0.717, 1.165) is 29.1 Å². The van der Waals surface area contributed by atoms with Gasteiger partial charge in [0, 0.05) is 12.2 Å². The highest BCUT2D eigenvalue weighted by molar-refractivity contribution is 7.71. The Morgan fingerprint density at radius 1 is 1.35 bits per heavy atom. The van der Waals surface area contributed by atoms with Crippen LogP contribution in [-0.4, -0.2) is 19.3 Å². The fourth-order valence-electron chi connectivity index (χ4n) is 2.35. The summed E-state index contributed by atoms with van der Waals surface area (Å²) < 4.78 is 4.51. The average Bonchev–Trinajstić information content (AvgIpc) is 2.96. The highest BCUT2D eigenvalue weighted by Gasteiger charge is 2.14. The van der Waals surface area contributed by atoms with Crippen LogP contribution >= 0.6 is 12.2 Å². The van der Waals surface area contributed by atoms with Gasteiger partial charge in [0.1, 0.15) is 5.52 Å². The third-order valence-electron chi connectivity index (χ3n) is 3.30. The maximum atomic E-state index is 8.87. The summed E-state index contributed by atoms with van der Waals surface area (Å²) in [4.78, 5) is 3.21. The predicted molar refractivity (Wildman–Crippen MR) is 79.4 cm³/mol. The van der Waals surface area contributed by atoms with Crippen LogP contribution in [0.25, 0.3) is 16.9 Å². The van der Waals surface area contributed by atoms with Crippen molar-refractivity contribution >= 4 is 23.4 Å². The quantitative estimate of drug-likeness (QED) is 0.735. The molecule has 0 fully saturated rings. The van der Waals surface area contributed by atoms with Gasteiger partial charge in [0.05, 0.1) is 17.3 Å². The van der Waals surface area contributed by atoms with Crippen molar-refractivity contribution in [3.63, 3.8) is 0 Å². The molecule has 3 rings (SSSR count). The van der Waals surface area contributed by atoms with E-state index in [4.69, 9.17) is 17.5 Å². The smallest absolute Gasteiger partial charge is 0.184 e. The SMILES string of the molecule is CCn1nc(C)c2[nH]c(=S)n(-c3ccc(C#N)cc3)c21. The molecule has 0 bridgehead atoms. The maximum Gasteiger partial charge on any atom is 0.184 e. The molecule has 3 aromatic rings. The molecule has 0 aliphatic carbocycles. The Labute approximate surface area is 121 Å². The van der Waals surface area contributed by atoms with Crippen LogP contribution in [0.2, 0.25) is 0 Å². The number of nitriles is 1. The Hall–Kier alpha value is -2.39. The van der Waals surface area contributed by atoms with Crippen LogP contribution in [0, 0.1) is 23.0 Å². The number of fused-ring (bicyclic) bond motifs is 1. The first-order chi connectivity index (χ1) is 9.65. The van der Waals surface area contributed by atoms with E-state index in [1.807, 2.05) is 35.2 Å². The van der Waals surface area contributed by atoms with E-state index < -0.39 is 0 Å². The normalized spacial score (nSPS) is 10.8. The van der Waals surface area contributed by atoms with Gasteiger partial charge in [-0.1, -0.05) is 0 Å². The number of aromatic amines is 1. The van der Waals surface area contributed by atoms with E-state index in [1.54, 1.807) is 12.1 Å². The van der Waals surface area contributed by atoms with Gasteiger partial charge >= 0.3 is 0 Å². The second-order valence-corrected chi connectivity index (χ2v) is 4.91. The van der Waals surface area contributed by atoms with Crippen molar-refractivity contribution in [1.82, 2.24) is 19.3 Å². The van der Waals surface area contributed by atoms with E-state index in [-0.39, 0.29) is 0 Å². The molecule has 0 unspecified atom stereocenters. The zero-order chi connectivity index (χ0) is 14.3. The Morgan fingerprint density at radius 3 is 2.65 bits per heavy atom. The number of hydrogen-bond acceptors (Lipinski definition) is 3. The lowest BCUT2D eigenvalue weighted by Crippen LogP contribution is -2.03. The highest BCUT2D eigenvalue weighted by Crippen LogP contribution is 2.22. The Kier molecular flexibility index (Phi) is 2.92.